The van der Waals surface area contributed by atoms with Crippen LogP contribution in [0.15, 0.2) is 46.8 Å². The van der Waals surface area contributed by atoms with Crippen LogP contribution in [0.2, 0.25) is 0 Å². The van der Waals surface area contributed by atoms with Crippen LogP contribution in [0.3, 0.4) is 0 Å². The Morgan fingerprint density at radius 1 is 1.19 bits per heavy atom. The number of carbonyl (C=O) groups is 2. The first-order valence-electron chi connectivity index (χ1n) is 13.0. The second kappa shape index (κ2) is 12.7. The van der Waals surface area contributed by atoms with Crippen molar-refractivity contribution in [3.8, 4) is 21.7 Å². The number of esters is 1. The van der Waals surface area contributed by atoms with Crippen LogP contribution in [0.1, 0.15) is 49.3 Å². The molecule has 0 aliphatic heterocycles. The summed E-state index contributed by atoms with van der Waals surface area (Å²) in [4.78, 5) is 46.3. The Labute approximate surface area is 242 Å². The third kappa shape index (κ3) is 6.44. The second-order valence-electron chi connectivity index (χ2n) is 9.29. The van der Waals surface area contributed by atoms with Gasteiger partial charge in [-0.25, -0.2) is 19.6 Å². The zero-order valence-electron chi connectivity index (χ0n) is 22.9. The maximum absolute atomic E-state index is 13.4. The molecule has 0 aliphatic carbocycles. The number of alkyl halides is 3. The summed E-state index contributed by atoms with van der Waals surface area (Å²) in [7, 11) is 0. The van der Waals surface area contributed by atoms with Crippen molar-refractivity contribution in [3.05, 3.63) is 63.5 Å². The molecule has 0 spiro atoms. The van der Waals surface area contributed by atoms with Crippen molar-refractivity contribution < 1.29 is 32.6 Å². The fourth-order valence-corrected chi connectivity index (χ4v) is 5.04. The zero-order valence-corrected chi connectivity index (χ0v) is 23.7. The van der Waals surface area contributed by atoms with E-state index in [2.05, 4.69) is 20.6 Å². The molecule has 2 amide bonds. The van der Waals surface area contributed by atoms with Crippen molar-refractivity contribution in [3.63, 3.8) is 0 Å². The number of thiazole rings is 1. The molecule has 3 heterocycles. The van der Waals surface area contributed by atoms with Crippen LogP contribution < -0.4 is 16.1 Å². The molecular formula is C28H28F3N5O5S. The number of urea groups is 1. The van der Waals surface area contributed by atoms with Gasteiger partial charge >= 0.3 is 18.2 Å². The molecule has 1 aromatic carbocycles. The van der Waals surface area contributed by atoms with Crippen LogP contribution >= 0.6 is 11.3 Å². The SMILES string of the molecule is CCCNC(=O)Nc1cc(-c2nc(C(F)(F)F)cs2)c(-c2ccc3c(c2)c(=O)c(C(=O)OCC)cn3[C@@H](C)CO)cn1. The number of nitrogens with one attached hydrogen (secondary N) is 2. The van der Waals surface area contributed by atoms with E-state index >= 15 is 0 Å². The number of fused-ring (bicyclic) bond motifs is 1. The number of amides is 2. The molecule has 0 fully saturated rings. The van der Waals surface area contributed by atoms with Crippen molar-refractivity contribution >= 4 is 40.1 Å². The van der Waals surface area contributed by atoms with Crippen molar-refractivity contribution in [2.75, 3.05) is 25.1 Å². The number of carbonyl (C=O) groups excluding carboxylic acids is 2. The molecule has 4 rings (SSSR count). The first-order valence-corrected chi connectivity index (χ1v) is 13.9. The second-order valence-corrected chi connectivity index (χ2v) is 10.2. The average molecular weight is 604 g/mol. The lowest BCUT2D eigenvalue weighted by Gasteiger charge is -2.19. The number of ether oxygens (including phenoxy) is 1. The van der Waals surface area contributed by atoms with E-state index in [9.17, 15) is 32.7 Å². The smallest absolute Gasteiger partial charge is 0.434 e. The summed E-state index contributed by atoms with van der Waals surface area (Å²) in [6.07, 6.45) is -1.26. The molecule has 42 heavy (non-hydrogen) atoms. The Morgan fingerprint density at radius 3 is 2.60 bits per heavy atom. The number of pyridine rings is 2. The molecule has 3 aromatic heterocycles. The number of anilines is 1. The molecule has 0 unspecified atom stereocenters. The minimum absolute atomic E-state index is 0.0171. The predicted octanol–water partition coefficient (Wildman–Crippen LogP) is 5.47. The van der Waals surface area contributed by atoms with Crippen molar-refractivity contribution in [2.24, 2.45) is 0 Å². The van der Waals surface area contributed by atoms with Gasteiger partial charge in [-0.15, -0.1) is 11.3 Å². The Balaban J connectivity index is 1.92. The highest BCUT2D eigenvalue weighted by atomic mass is 32.1. The van der Waals surface area contributed by atoms with Gasteiger partial charge in [0.05, 0.1) is 24.8 Å². The van der Waals surface area contributed by atoms with E-state index in [1.54, 1.807) is 30.5 Å². The van der Waals surface area contributed by atoms with Crippen LogP contribution in [-0.4, -0.2) is 51.4 Å². The largest absolute Gasteiger partial charge is 0.462 e. The fourth-order valence-electron chi connectivity index (χ4n) is 4.19. The van der Waals surface area contributed by atoms with Crippen LogP contribution in [0.5, 0.6) is 0 Å². The normalized spacial score (nSPS) is 12.3. The average Bonchev–Trinajstić information content (AvgIpc) is 3.47. The quantitative estimate of drug-likeness (QED) is 0.216. The molecule has 0 bridgehead atoms. The molecule has 0 saturated carbocycles. The molecule has 1 atom stereocenters. The van der Waals surface area contributed by atoms with Crippen LogP contribution in [0.25, 0.3) is 32.6 Å². The molecule has 4 aromatic rings. The lowest BCUT2D eigenvalue weighted by molar-refractivity contribution is -0.140. The highest BCUT2D eigenvalue weighted by Gasteiger charge is 2.34. The third-order valence-electron chi connectivity index (χ3n) is 6.28. The molecule has 0 radical (unpaired) electrons. The van der Waals surface area contributed by atoms with Gasteiger partial charge in [0.25, 0.3) is 0 Å². The van der Waals surface area contributed by atoms with Crippen molar-refractivity contribution in [2.45, 2.75) is 39.4 Å². The van der Waals surface area contributed by atoms with Crippen LogP contribution in [0.4, 0.5) is 23.8 Å². The molecular weight excluding hydrogens is 575 g/mol. The van der Waals surface area contributed by atoms with Gasteiger partial charge in [0.2, 0.25) is 5.43 Å². The lowest BCUT2D eigenvalue weighted by Crippen LogP contribution is -2.29. The summed E-state index contributed by atoms with van der Waals surface area (Å²) in [5, 5.41) is 16.0. The summed E-state index contributed by atoms with van der Waals surface area (Å²) in [6, 6.07) is 5.14. The van der Waals surface area contributed by atoms with E-state index in [0.717, 1.165) is 16.7 Å². The number of halogens is 3. The number of rotatable bonds is 9. The lowest BCUT2D eigenvalue weighted by atomic mass is 9.99. The van der Waals surface area contributed by atoms with Gasteiger partial charge < -0.3 is 19.7 Å². The highest BCUT2D eigenvalue weighted by molar-refractivity contribution is 7.13. The minimum Gasteiger partial charge on any atom is -0.462 e. The Morgan fingerprint density at radius 2 is 1.95 bits per heavy atom. The van der Waals surface area contributed by atoms with Crippen LogP contribution in [-0.2, 0) is 10.9 Å². The Bertz CT molecular complexity index is 1680. The maximum Gasteiger partial charge on any atom is 0.434 e. The number of aliphatic hydroxyl groups excluding tert-OH is 1. The fraction of sp³-hybridized carbons (Fsp3) is 0.321. The van der Waals surface area contributed by atoms with Gasteiger partial charge in [0.15, 0.2) is 5.69 Å². The van der Waals surface area contributed by atoms with Gasteiger partial charge in [0, 0.05) is 40.8 Å². The molecule has 0 saturated heterocycles. The number of hydrogen-bond acceptors (Lipinski definition) is 8. The predicted molar refractivity (Wildman–Crippen MR) is 153 cm³/mol. The van der Waals surface area contributed by atoms with Crippen LogP contribution in [0, 0.1) is 0 Å². The molecule has 14 heteroatoms. The number of nitrogens with zero attached hydrogens (tertiary/aromatic N) is 3. The zero-order chi connectivity index (χ0) is 30.6. The Kier molecular flexibility index (Phi) is 9.27. The highest BCUT2D eigenvalue weighted by Crippen LogP contribution is 2.39. The summed E-state index contributed by atoms with van der Waals surface area (Å²) < 4.78 is 46.8. The van der Waals surface area contributed by atoms with Crippen molar-refractivity contribution in [1.29, 1.82) is 0 Å². The maximum atomic E-state index is 13.4. The van der Waals surface area contributed by atoms with E-state index in [1.165, 1.54) is 24.5 Å². The van der Waals surface area contributed by atoms with E-state index in [4.69, 9.17) is 4.74 Å². The summed E-state index contributed by atoms with van der Waals surface area (Å²) in [5.74, 6) is -0.745. The van der Waals surface area contributed by atoms with Crippen molar-refractivity contribution in [1.82, 2.24) is 19.9 Å². The van der Waals surface area contributed by atoms with Gasteiger partial charge in [-0.3, -0.25) is 10.1 Å². The molecule has 3 N–H and O–H groups in total. The van der Waals surface area contributed by atoms with Gasteiger partial charge in [-0.1, -0.05) is 13.0 Å². The summed E-state index contributed by atoms with van der Waals surface area (Å²) >= 11 is 0.766. The van der Waals surface area contributed by atoms with Gasteiger partial charge in [0.1, 0.15) is 16.4 Å². The molecule has 0 aliphatic rings. The number of aliphatic hydroxyl groups is 1. The van der Waals surface area contributed by atoms with E-state index in [-0.39, 0.29) is 40.6 Å². The molecule has 10 nitrogen and oxygen atoms in total. The monoisotopic (exact) mass is 603 g/mol. The molecule has 222 valence electrons. The number of aromatic nitrogens is 3. The first-order chi connectivity index (χ1) is 20.0. The van der Waals surface area contributed by atoms with E-state index in [0.29, 0.717) is 29.6 Å². The standard InChI is InChI=1S/C28H28F3N5O5S/c1-4-8-32-27(40)35-23-10-17(25-34-22(14-42-25)28(29,30)31)19(11-33-23)16-6-7-21-18(9-16)24(38)20(26(39)41-5-2)12-36(21)15(3)13-37/h6-7,9-12,14-15,37H,4-5,8,13H2,1-3H3,(H2,32,33,35,40)/t15-/m0/s1. The third-order valence-corrected chi connectivity index (χ3v) is 7.16. The van der Waals surface area contributed by atoms with Gasteiger partial charge in [-0.05, 0) is 44.0 Å². The van der Waals surface area contributed by atoms with E-state index in [1.807, 2.05) is 6.92 Å². The minimum atomic E-state index is -4.66. The Hall–Kier alpha value is -4.30. The van der Waals surface area contributed by atoms with E-state index < -0.39 is 35.3 Å². The van der Waals surface area contributed by atoms with Gasteiger partial charge in [-0.2, -0.15) is 13.2 Å². The first kappa shape index (κ1) is 30.7. The number of benzene rings is 1. The number of hydrogen-bond donors (Lipinski definition) is 3. The summed E-state index contributed by atoms with van der Waals surface area (Å²) in [5.41, 5.74) is -0.514. The topological polar surface area (TPSA) is 135 Å². The summed E-state index contributed by atoms with van der Waals surface area (Å²) in [6.45, 7) is 5.38.